The topological polar surface area (TPSA) is 69.1 Å². The molecule has 0 fully saturated rings. The highest BCUT2D eigenvalue weighted by Gasteiger charge is 2.18. The number of benzene rings is 1. The van der Waals surface area contributed by atoms with Crippen molar-refractivity contribution in [2.24, 2.45) is 5.73 Å². The van der Waals surface area contributed by atoms with Gasteiger partial charge in [0.1, 0.15) is 0 Å². The van der Waals surface area contributed by atoms with Crippen LogP contribution >= 0.6 is 0 Å². The first-order chi connectivity index (χ1) is 7.15. The minimum absolute atomic E-state index is 0.0110. The van der Waals surface area contributed by atoms with E-state index in [-0.39, 0.29) is 11.3 Å². The van der Waals surface area contributed by atoms with E-state index >= 15 is 0 Å². The number of halogens is 1. The maximum atomic E-state index is 13.3. The first-order valence-corrected chi connectivity index (χ1v) is 4.51. The minimum Gasteiger partial charge on any atom is -0.364 e. The lowest BCUT2D eigenvalue weighted by atomic mass is 10.1. The molecule has 2 aromatic rings. The molecule has 0 bridgehead atoms. The second-order valence-corrected chi connectivity index (χ2v) is 3.16. The Morgan fingerprint density at radius 1 is 1.60 bits per heavy atom. The summed E-state index contributed by atoms with van der Waals surface area (Å²) in [5, 5.41) is 3.85. The van der Waals surface area contributed by atoms with Crippen LogP contribution in [0.4, 0.5) is 4.39 Å². The third-order valence-electron chi connectivity index (χ3n) is 2.28. The van der Waals surface area contributed by atoms with Crippen molar-refractivity contribution in [3.05, 3.63) is 29.2 Å². The van der Waals surface area contributed by atoms with Crippen LogP contribution in [0.5, 0.6) is 0 Å². The maximum Gasteiger partial charge on any atom is 0.271 e. The number of aromatic nitrogens is 1. The van der Waals surface area contributed by atoms with Gasteiger partial charge in [0.25, 0.3) is 5.91 Å². The molecule has 5 heteroatoms. The number of primary amides is 1. The van der Waals surface area contributed by atoms with E-state index in [4.69, 9.17) is 10.3 Å². The van der Waals surface area contributed by atoms with Crippen LogP contribution in [0.25, 0.3) is 11.0 Å². The van der Waals surface area contributed by atoms with E-state index in [0.717, 1.165) is 5.56 Å². The molecule has 0 spiro atoms. The third kappa shape index (κ3) is 1.36. The Bertz CT molecular complexity index is 533. The predicted octanol–water partition coefficient (Wildman–Crippen LogP) is 1.63. The standard InChI is InChI=1S/C10H9FN2O2/c1-2-5-3-4-6(11)9-7(5)8(10(12)14)13-15-9/h3-4H,2H2,1H3,(H2,12,14). The van der Waals surface area contributed by atoms with Crippen molar-refractivity contribution in [2.75, 3.05) is 0 Å². The lowest BCUT2D eigenvalue weighted by molar-refractivity contribution is 0.0993. The Labute approximate surface area is 84.8 Å². The highest BCUT2D eigenvalue weighted by molar-refractivity contribution is 6.04. The zero-order chi connectivity index (χ0) is 11.0. The van der Waals surface area contributed by atoms with Crippen molar-refractivity contribution < 1.29 is 13.7 Å². The monoisotopic (exact) mass is 208 g/mol. The van der Waals surface area contributed by atoms with Crippen LogP contribution < -0.4 is 5.73 Å². The molecule has 1 heterocycles. The van der Waals surface area contributed by atoms with Crippen LogP contribution in [0.15, 0.2) is 16.7 Å². The smallest absolute Gasteiger partial charge is 0.271 e. The van der Waals surface area contributed by atoms with Crippen molar-refractivity contribution in [1.29, 1.82) is 0 Å². The zero-order valence-corrected chi connectivity index (χ0v) is 8.08. The Balaban J connectivity index is 2.86. The first kappa shape index (κ1) is 9.64. The fraction of sp³-hybridized carbons (Fsp3) is 0.200. The number of nitrogens with zero attached hydrogens (tertiary/aromatic N) is 1. The molecule has 0 radical (unpaired) electrons. The molecule has 4 nitrogen and oxygen atoms in total. The summed E-state index contributed by atoms with van der Waals surface area (Å²) in [7, 11) is 0. The summed E-state index contributed by atoms with van der Waals surface area (Å²) in [4.78, 5) is 11.0. The number of fused-ring (bicyclic) bond motifs is 1. The van der Waals surface area contributed by atoms with Crippen molar-refractivity contribution in [3.8, 4) is 0 Å². The summed E-state index contributed by atoms with van der Waals surface area (Å²) in [5.74, 6) is -1.25. The number of rotatable bonds is 2. The highest BCUT2D eigenvalue weighted by Crippen LogP contribution is 2.25. The molecule has 0 aliphatic heterocycles. The van der Waals surface area contributed by atoms with E-state index in [0.29, 0.717) is 11.8 Å². The summed E-state index contributed by atoms with van der Waals surface area (Å²) in [6.45, 7) is 1.89. The fourth-order valence-corrected chi connectivity index (χ4v) is 1.55. The van der Waals surface area contributed by atoms with E-state index in [1.165, 1.54) is 6.07 Å². The Morgan fingerprint density at radius 2 is 2.33 bits per heavy atom. The van der Waals surface area contributed by atoms with Gasteiger partial charge in [-0.1, -0.05) is 18.1 Å². The molecular weight excluding hydrogens is 199 g/mol. The van der Waals surface area contributed by atoms with Gasteiger partial charge in [0, 0.05) is 0 Å². The molecule has 1 amide bonds. The van der Waals surface area contributed by atoms with Gasteiger partial charge < -0.3 is 10.3 Å². The summed E-state index contributed by atoms with van der Waals surface area (Å²) < 4.78 is 18.1. The van der Waals surface area contributed by atoms with Crippen molar-refractivity contribution in [3.63, 3.8) is 0 Å². The molecule has 0 aliphatic carbocycles. The lowest BCUT2D eigenvalue weighted by Gasteiger charge is -1.98. The second kappa shape index (κ2) is 3.34. The van der Waals surface area contributed by atoms with Crippen LogP contribution in [0.1, 0.15) is 23.0 Å². The molecule has 0 saturated heterocycles. The first-order valence-electron chi connectivity index (χ1n) is 4.51. The van der Waals surface area contributed by atoms with Gasteiger partial charge in [-0.25, -0.2) is 4.39 Å². The molecule has 0 saturated carbocycles. The SMILES string of the molecule is CCc1ccc(F)c2onc(C(N)=O)c12. The van der Waals surface area contributed by atoms with Gasteiger partial charge in [-0.3, -0.25) is 4.79 Å². The lowest BCUT2D eigenvalue weighted by Crippen LogP contribution is -2.12. The fourth-order valence-electron chi connectivity index (χ4n) is 1.55. The van der Waals surface area contributed by atoms with Crippen LogP contribution in [0.3, 0.4) is 0 Å². The van der Waals surface area contributed by atoms with Crippen molar-refractivity contribution in [2.45, 2.75) is 13.3 Å². The summed E-state index contributed by atoms with van der Waals surface area (Å²) >= 11 is 0. The molecule has 0 aliphatic rings. The highest BCUT2D eigenvalue weighted by atomic mass is 19.1. The predicted molar refractivity (Wildman–Crippen MR) is 51.9 cm³/mol. The zero-order valence-electron chi connectivity index (χ0n) is 8.08. The van der Waals surface area contributed by atoms with E-state index in [2.05, 4.69) is 5.16 Å². The summed E-state index contributed by atoms with van der Waals surface area (Å²) in [6, 6.07) is 2.89. The third-order valence-corrected chi connectivity index (χ3v) is 2.28. The van der Waals surface area contributed by atoms with Crippen molar-refractivity contribution in [1.82, 2.24) is 5.16 Å². The Hall–Kier alpha value is -1.91. The second-order valence-electron chi connectivity index (χ2n) is 3.16. The van der Waals surface area contributed by atoms with Gasteiger partial charge in [0.15, 0.2) is 11.5 Å². The Morgan fingerprint density at radius 3 is 2.93 bits per heavy atom. The molecule has 2 N–H and O–H groups in total. The van der Waals surface area contributed by atoms with E-state index in [1.54, 1.807) is 6.07 Å². The quantitative estimate of drug-likeness (QED) is 0.815. The molecule has 15 heavy (non-hydrogen) atoms. The van der Waals surface area contributed by atoms with Crippen LogP contribution in [-0.4, -0.2) is 11.1 Å². The van der Waals surface area contributed by atoms with E-state index in [1.807, 2.05) is 6.92 Å². The number of amides is 1. The molecule has 2 rings (SSSR count). The average Bonchev–Trinajstić information content (AvgIpc) is 2.64. The number of carbonyl (C=O) groups excluding carboxylic acids is 1. The number of hydrogen-bond donors (Lipinski definition) is 1. The molecule has 78 valence electrons. The van der Waals surface area contributed by atoms with Gasteiger partial charge in [-0.05, 0) is 18.1 Å². The Kier molecular flexibility index (Phi) is 2.15. The number of aryl methyl sites for hydroxylation is 1. The van der Waals surface area contributed by atoms with Gasteiger partial charge in [0.2, 0.25) is 5.58 Å². The van der Waals surface area contributed by atoms with Crippen LogP contribution in [0.2, 0.25) is 0 Å². The molecular formula is C10H9FN2O2. The minimum atomic E-state index is -0.714. The average molecular weight is 208 g/mol. The molecule has 1 aromatic heterocycles. The van der Waals surface area contributed by atoms with Gasteiger partial charge in [-0.2, -0.15) is 0 Å². The summed E-state index contributed by atoms with van der Waals surface area (Å²) in [5.41, 5.74) is 5.88. The van der Waals surface area contributed by atoms with E-state index < -0.39 is 11.7 Å². The normalized spacial score (nSPS) is 10.8. The molecule has 0 unspecified atom stereocenters. The maximum absolute atomic E-state index is 13.3. The van der Waals surface area contributed by atoms with Gasteiger partial charge in [-0.15, -0.1) is 0 Å². The van der Waals surface area contributed by atoms with E-state index in [9.17, 15) is 9.18 Å². The largest absolute Gasteiger partial charge is 0.364 e. The van der Waals surface area contributed by atoms with Gasteiger partial charge in [0.05, 0.1) is 5.39 Å². The van der Waals surface area contributed by atoms with Crippen molar-refractivity contribution >= 4 is 16.9 Å². The van der Waals surface area contributed by atoms with Crippen LogP contribution in [0, 0.1) is 5.82 Å². The number of carbonyl (C=O) groups is 1. The summed E-state index contributed by atoms with van der Waals surface area (Å²) in [6.07, 6.45) is 0.651. The number of hydrogen-bond acceptors (Lipinski definition) is 3. The van der Waals surface area contributed by atoms with Gasteiger partial charge >= 0.3 is 0 Å². The number of nitrogens with two attached hydrogens (primary N) is 1. The van der Waals surface area contributed by atoms with Crippen LogP contribution in [-0.2, 0) is 6.42 Å². The molecule has 1 aromatic carbocycles. The molecule has 0 atom stereocenters.